The lowest BCUT2D eigenvalue weighted by Gasteiger charge is -2.24. The third kappa shape index (κ3) is 2.57. The first-order chi connectivity index (χ1) is 6.77. The van der Waals surface area contributed by atoms with Crippen LogP contribution in [0, 0.1) is 5.92 Å². The summed E-state index contributed by atoms with van der Waals surface area (Å²) in [5.74, 6) is 1.12. The number of fused-ring (bicyclic) bond motifs is 1. The maximum absolute atomic E-state index is 11.1. The molecule has 82 valence electrons. The molecule has 2 heteroatoms. The monoisotopic (exact) mass is 197 g/mol. The van der Waals surface area contributed by atoms with Crippen molar-refractivity contribution in [3.8, 4) is 0 Å². The number of hydrogen-bond acceptors (Lipinski definition) is 2. The third-order valence-corrected chi connectivity index (χ3v) is 3.35. The van der Waals surface area contributed by atoms with E-state index in [0.717, 1.165) is 12.3 Å². The van der Waals surface area contributed by atoms with E-state index < -0.39 is 0 Å². The Labute approximate surface area is 87.5 Å². The Bertz CT molecular complexity index is 177. The molecule has 2 fully saturated rings. The molecule has 0 bridgehead atoms. The van der Waals surface area contributed by atoms with Gasteiger partial charge >= 0.3 is 0 Å². The maximum atomic E-state index is 11.1. The first-order valence-electron chi connectivity index (χ1n) is 6.04. The molecule has 3 atom stereocenters. The molecule has 1 aliphatic carbocycles. The number of carbonyl (C=O) groups is 1. The molecule has 0 aromatic heterocycles. The van der Waals surface area contributed by atoms with Crippen LogP contribution in [0.25, 0.3) is 0 Å². The number of hydrogen-bond donors (Lipinski definition) is 1. The summed E-state index contributed by atoms with van der Waals surface area (Å²) in [5.41, 5.74) is 0. The highest BCUT2D eigenvalue weighted by atomic mass is 16.1. The number of ketones is 1. The molecule has 1 heterocycles. The van der Waals surface area contributed by atoms with Crippen LogP contribution < -0.4 is 5.32 Å². The van der Waals surface area contributed by atoms with Crippen LogP contribution in [0.15, 0.2) is 0 Å². The van der Waals surface area contributed by atoms with Crippen molar-refractivity contribution in [1.29, 1.82) is 0 Å². The molecule has 0 aromatic rings. The summed E-state index contributed by atoms with van der Waals surface area (Å²) >= 11 is 0. The molecule has 0 amide bonds. The standard InChI is InChI=1S/C10H17NO.C2H6/c1-7(12)10-6-8-4-2-3-5-9(8)11-10;1-2/h8-11H,2-6H2,1H3;1-2H3. The lowest BCUT2D eigenvalue weighted by Crippen LogP contribution is -2.36. The molecule has 2 nitrogen and oxygen atoms in total. The average Bonchev–Trinajstić information content (AvgIpc) is 2.64. The Kier molecular flexibility index (Phi) is 4.59. The van der Waals surface area contributed by atoms with Gasteiger partial charge < -0.3 is 5.32 Å². The molecule has 1 aliphatic heterocycles. The first-order valence-corrected chi connectivity index (χ1v) is 6.04. The second kappa shape index (κ2) is 5.50. The predicted molar refractivity (Wildman–Crippen MR) is 59.3 cm³/mol. The second-order valence-electron chi connectivity index (χ2n) is 4.22. The number of rotatable bonds is 1. The molecule has 14 heavy (non-hydrogen) atoms. The van der Waals surface area contributed by atoms with E-state index in [1.54, 1.807) is 6.92 Å². The van der Waals surface area contributed by atoms with Crippen LogP contribution in [0.2, 0.25) is 0 Å². The molecular weight excluding hydrogens is 174 g/mol. The van der Waals surface area contributed by atoms with E-state index in [4.69, 9.17) is 0 Å². The highest BCUT2D eigenvalue weighted by molar-refractivity contribution is 5.81. The van der Waals surface area contributed by atoms with Gasteiger partial charge in [0, 0.05) is 6.04 Å². The zero-order valence-corrected chi connectivity index (χ0v) is 9.68. The van der Waals surface area contributed by atoms with Crippen LogP contribution in [-0.4, -0.2) is 17.9 Å². The summed E-state index contributed by atoms with van der Waals surface area (Å²) in [6.07, 6.45) is 6.43. The molecule has 3 unspecified atom stereocenters. The molecule has 1 saturated heterocycles. The van der Waals surface area contributed by atoms with Crippen molar-refractivity contribution < 1.29 is 4.79 Å². The summed E-state index contributed by atoms with van der Waals surface area (Å²) in [5, 5.41) is 3.44. The fourth-order valence-corrected chi connectivity index (χ4v) is 2.62. The van der Waals surface area contributed by atoms with Gasteiger partial charge in [-0.2, -0.15) is 0 Å². The fourth-order valence-electron chi connectivity index (χ4n) is 2.62. The van der Waals surface area contributed by atoms with Crippen molar-refractivity contribution in [3.63, 3.8) is 0 Å². The molecule has 0 aromatic carbocycles. The minimum absolute atomic E-state index is 0.179. The Morgan fingerprint density at radius 3 is 2.43 bits per heavy atom. The van der Waals surface area contributed by atoms with E-state index in [9.17, 15) is 4.79 Å². The van der Waals surface area contributed by atoms with Crippen molar-refractivity contribution in [1.82, 2.24) is 5.32 Å². The number of carbonyl (C=O) groups excluding carboxylic acids is 1. The van der Waals surface area contributed by atoms with E-state index >= 15 is 0 Å². The Morgan fingerprint density at radius 2 is 1.86 bits per heavy atom. The lowest BCUT2D eigenvalue weighted by molar-refractivity contribution is -0.118. The van der Waals surface area contributed by atoms with Gasteiger partial charge in [-0.25, -0.2) is 0 Å². The third-order valence-electron chi connectivity index (χ3n) is 3.35. The molecule has 2 aliphatic rings. The topological polar surface area (TPSA) is 29.1 Å². The smallest absolute Gasteiger partial charge is 0.146 e. The molecule has 0 radical (unpaired) electrons. The van der Waals surface area contributed by atoms with Gasteiger partial charge in [-0.3, -0.25) is 4.79 Å². The SMILES string of the molecule is CC.CC(=O)C1CC2CCCCC2N1. The van der Waals surface area contributed by atoms with Gasteiger partial charge in [-0.1, -0.05) is 26.7 Å². The zero-order valence-electron chi connectivity index (χ0n) is 9.68. The van der Waals surface area contributed by atoms with Crippen LogP contribution in [0.4, 0.5) is 0 Å². The summed E-state index contributed by atoms with van der Waals surface area (Å²) in [7, 11) is 0. The normalized spacial score (nSPS) is 35.5. The lowest BCUT2D eigenvalue weighted by atomic mass is 9.85. The van der Waals surface area contributed by atoms with Crippen molar-refractivity contribution in [3.05, 3.63) is 0 Å². The van der Waals surface area contributed by atoms with E-state index in [2.05, 4.69) is 5.32 Å². The largest absolute Gasteiger partial charge is 0.304 e. The fraction of sp³-hybridized carbons (Fsp3) is 0.917. The van der Waals surface area contributed by atoms with Gasteiger partial charge in [-0.05, 0) is 32.1 Å². The van der Waals surface area contributed by atoms with Crippen molar-refractivity contribution >= 4 is 5.78 Å². The summed E-state index contributed by atoms with van der Waals surface area (Å²) < 4.78 is 0. The minimum Gasteiger partial charge on any atom is -0.304 e. The molecular formula is C12H23NO. The van der Waals surface area contributed by atoms with Gasteiger partial charge in [0.25, 0.3) is 0 Å². The summed E-state index contributed by atoms with van der Waals surface area (Å²) in [6, 6.07) is 0.839. The van der Waals surface area contributed by atoms with Gasteiger partial charge in [0.15, 0.2) is 0 Å². The predicted octanol–water partition coefficient (Wildman–Crippen LogP) is 2.52. The Hall–Kier alpha value is -0.370. The summed E-state index contributed by atoms with van der Waals surface area (Å²) in [6.45, 7) is 5.70. The highest BCUT2D eigenvalue weighted by Gasteiger charge is 2.36. The van der Waals surface area contributed by atoms with Crippen molar-refractivity contribution in [2.24, 2.45) is 5.92 Å². The van der Waals surface area contributed by atoms with Crippen LogP contribution in [0.3, 0.4) is 0 Å². The molecule has 0 spiro atoms. The van der Waals surface area contributed by atoms with Crippen LogP contribution in [0.1, 0.15) is 52.9 Å². The average molecular weight is 197 g/mol. The maximum Gasteiger partial charge on any atom is 0.146 e. The van der Waals surface area contributed by atoms with Crippen molar-refractivity contribution in [2.45, 2.75) is 65.0 Å². The van der Waals surface area contributed by atoms with Crippen molar-refractivity contribution in [2.75, 3.05) is 0 Å². The van der Waals surface area contributed by atoms with Crippen LogP contribution in [-0.2, 0) is 4.79 Å². The first kappa shape index (κ1) is 11.7. The quantitative estimate of drug-likeness (QED) is 0.700. The highest BCUT2D eigenvalue weighted by Crippen LogP contribution is 2.33. The second-order valence-corrected chi connectivity index (χ2v) is 4.22. The number of Topliss-reactive ketones (excluding diaryl/α,β-unsaturated/α-hetero) is 1. The zero-order chi connectivity index (χ0) is 10.6. The van der Waals surface area contributed by atoms with Gasteiger partial charge in [-0.15, -0.1) is 0 Å². The number of nitrogens with one attached hydrogen (secondary N) is 1. The van der Waals surface area contributed by atoms with Crippen LogP contribution >= 0.6 is 0 Å². The summed E-state index contributed by atoms with van der Waals surface area (Å²) in [4.78, 5) is 11.1. The molecule has 1 N–H and O–H groups in total. The van der Waals surface area contributed by atoms with E-state index in [-0.39, 0.29) is 6.04 Å². The van der Waals surface area contributed by atoms with E-state index in [1.807, 2.05) is 13.8 Å². The molecule has 1 saturated carbocycles. The van der Waals surface area contributed by atoms with Gasteiger partial charge in [0.05, 0.1) is 6.04 Å². The van der Waals surface area contributed by atoms with Gasteiger partial charge in [0.1, 0.15) is 5.78 Å². The van der Waals surface area contributed by atoms with Gasteiger partial charge in [0.2, 0.25) is 0 Å². The minimum atomic E-state index is 0.179. The Balaban J connectivity index is 0.000000461. The van der Waals surface area contributed by atoms with E-state index in [0.29, 0.717) is 11.8 Å². The van der Waals surface area contributed by atoms with E-state index in [1.165, 1.54) is 25.7 Å². The molecule has 2 rings (SSSR count). The Morgan fingerprint density at radius 1 is 1.21 bits per heavy atom. The van der Waals surface area contributed by atoms with Crippen LogP contribution in [0.5, 0.6) is 0 Å².